The summed E-state index contributed by atoms with van der Waals surface area (Å²) in [5.41, 5.74) is 1.48. The number of carbonyl (C=O) groups is 2. The molecule has 2 amide bonds. The number of anilines is 1. The molecule has 1 aromatic carbocycles. The maximum Gasteiger partial charge on any atom is 0.251 e. The number of thiazole rings is 1. The number of hydrogen-bond acceptors (Lipinski definition) is 8. The number of thioether (sulfide) groups is 1. The van der Waals surface area contributed by atoms with Crippen LogP contribution in [-0.2, 0) is 18.3 Å². The molecule has 2 aromatic heterocycles. The molecule has 0 saturated heterocycles. The highest BCUT2D eigenvalue weighted by Gasteiger charge is 2.20. The van der Waals surface area contributed by atoms with E-state index in [9.17, 15) is 9.59 Å². The van der Waals surface area contributed by atoms with Crippen LogP contribution < -0.4 is 15.4 Å². The van der Waals surface area contributed by atoms with Crippen LogP contribution in [0.3, 0.4) is 0 Å². The van der Waals surface area contributed by atoms with Crippen LogP contribution in [0.25, 0.3) is 0 Å². The van der Waals surface area contributed by atoms with Gasteiger partial charge in [-0.1, -0.05) is 11.8 Å². The van der Waals surface area contributed by atoms with Crippen molar-refractivity contribution in [2.75, 3.05) is 19.0 Å². The van der Waals surface area contributed by atoms with Gasteiger partial charge in [0, 0.05) is 30.5 Å². The Labute approximate surface area is 195 Å². The zero-order chi connectivity index (χ0) is 23.3. The number of nitrogens with one attached hydrogen (secondary N) is 2. The van der Waals surface area contributed by atoms with Crippen molar-refractivity contribution in [3.8, 4) is 5.75 Å². The first kappa shape index (κ1) is 23.7. The highest BCUT2D eigenvalue weighted by Crippen LogP contribution is 2.25. The van der Waals surface area contributed by atoms with Gasteiger partial charge in [-0.05, 0) is 45.0 Å². The number of hydrogen-bond donors (Lipinski definition) is 2. The molecule has 0 aliphatic rings. The minimum absolute atomic E-state index is 0.139. The Morgan fingerprint density at radius 3 is 2.56 bits per heavy atom. The topological polar surface area (TPSA) is 111 Å². The molecule has 0 radical (unpaired) electrons. The predicted octanol–water partition coefficient (Wildman–Crippen LogP) is 2.99. The molecule has 1 atom stereocenters. The lowest BCUT2D eigenvalue weighted by Crippen LogP contribution is -2.26. The summed E-state index contributed by atoms with van der Waals surface area (Å²) in [4.78, 5) is 30.2. The summed E-state index contributed by atoms with van der Waals surface area (Å²) in [7, 11) is 3.43. The van der Waals surface area contributed by atoms with Crippen molar-refractivity contribution in [2.24, 2.45) is 7.05 Å². The third kappa shape index (κ3) is 5.86. The van der Waals surface area contributed by atoms with Crippen molar-refractivity contribution >= 4 is 40.0 Å². The molecule has 0 aliphatic carbocycles. The fourth-order valence-corrected chi connectivity index (χ4v) is 4.39. The van der Waals surface area contributed by atoms with E-state index in [1.165, 1.54) is 23.1 Å². The van der Waals surface area contributed by atoms with Gasteiger partial charge in [0.25, 0.3) is 5.91 Å². The zero-order valence-electron chi connectivity index (χ0n) is 18.6. The van der Waals surface area contributed by atoms with Gasteiger partial charge in [-0.2, -0.15) is 0 Å². The van der Waals surface area contributed by atoms with E-state index in [0.717, 1.165) is 16.4 Å². The summed E-state index contributed by atoms with van der Waals surface area (Å²) in [5.74, 6) is 1.12. The molecule has 0 unspecified atom stereocenters. The van der Waals surface area contributed by atoms with Gasteiger partial charge in [-0.3, -0.25) is 9.59 Å². The number of benzene rings is 1. The van der Waals surface area contributed by atoms with Crippen molar-refractivity contribution in [3.05, 3.63) is 46.2 Å². The average Bonchev–Trinajstić information content (AvgIpc) is 3.28. The number of amides is 2. The Balaban J connectivity index is 1.50. The van der Waals surface area contributed by atoms with E-state index in [1.807, 2.05) is 32.4 Å². The van der Waals surface area contributed by atoms with E-state index >= 15 is 0 Å². The zero-order valence-corrected chi connectivity index (χ0v) is 20.3. The Morgan fingerprint density at radius 2 is 1.94 bits per heavy atom. The Morgan fingerprint density at radius 1 is 1.22 bits per heavy atom. The summed E-state index contributed by atoms with van der Waals surface area (Å²) >= 11 is 2.78. The molecule has 0 spiro atoms. The number of aromatic nitrogens is 4. The molecule has 3 aromatic rings. The molecule has 3 rings (SSSR count). The number of methoxy groups -OCH3 is 1. The molecule has 9 nitrogen and oxygen atoms in total. The summed E-state index contributed by atoms with van der Waals surface area (Å²) in [6.07, 6.45) is 0.518. The lowest BCUT2D eigenvalue weighted by atomic mass is 10.2. The summed E-state index contributed by atoms with van der Waals surface area (Å²) in [5, 5.41) is 15.0. The van der Waals surface area contributed by atoms with Crippen molar-refractivity contribution in [2.45, 2.75) is 37.6 Å². The maximum absolute atomic E-state index is 12.5. The Hall–Kier alpha value is -2.92. The lowest BCUT2D eigenvalue weighted by molar-refractivity contribution is -0.115. The first-order valence-electron chi connectivity index (χ1n) is 10.0. The lowest BCUT2D eigenvalue weighted by Gasteiger charge is -2.10. The van der Waals surface area contributed by atoms with E-state index in [4.69, 9.17) is 4.74 Å². The molecule has 170 valence electrons. The number of carbonyl (C=O) groups excluding carboxylic acids is 2. The van der Waals surface area contributed by atoms with Gasteiger partial charge in [0.2, 0.25) is 5.91 Å². The maximum atomic E-state index is 12.5. The van der Waals surface area contributed by atoms with E-state index in [-0.39, 0.29) is 17.1 Å². The van der Waals surface area contributed by atoms with Gasteiger partial charge in [-0.25, -0.2) is 4.98 Å². The number of aryl methyl sites for hydroxylation is 2. The Bertz CT molecular complexity index is 1070. The second-order valence-electron chi connectivity index (χ2n) is 7.10. The number of nitrogens with zero attached hydrogens (tertiary/aromatic N) is 4. The number of ether oxygens (including phenoxy) is 1. The minimum atomic E-state index is -0.370. The van der Waals surface area contributed by atoms with Crippen LogP contribution in [0.1, 0.15) is 33.7 Å². The largest absolute Gasteiger partial charge is 0.497 e. The number of rotatable bonds is 9. The molecular weight excluding hydrogens is 448 g/mol. The Kier molecular flexibility index (Phi) is 7.86. The first-order chi connectivity index (χ1) is 15.3. The molecule has 0 saturated carbocycles. The van der Waals surface area contributed by atoms with Crippen molar-refractivity contribution in [3.63, 3.8) is 0 Å². The molecule has 0 bridgehead atoms. The van der Waals surface area contributed by atoms with E-state index in [1.54, 1.807) is 31.4 Å². The average molecular weight is 475 g/mol. The predicted molar refractivity (Wildman–Crippen MR) is 126 cm³/mol. The van der Waals surface area contributed by atoms with Crippen LogP contribution >= 0.6 is 23.1 Å². The van der Waals surface area contributed by atoms with Gasteiger partial charge >= 0.3 is 0 Å². The normalized spacial score (nSPS) is 11.8. The molecule has 32 heavy (non-hydrogen) atoms. The second-order valence-corrected chi connectivity index (χ2v) is 9.61. The smallest absolute Gasteiger partial charge is 0.251 e. The molecule has 0 fully saturated rings. The summed E-state index contributed by atoms with van der Waals surface area (Å²) in [6, 6.07) is 6.92. The van der Waals surface area contributed by atoms with Crippen LogP contribution in [0, 0.1) is 13.8 Å². The highest BCUT2D eigenvalue weighted by molar-refractivity contribution is 8.00. The van der Waals surface area contributed by atoms with Crippen LogP contribution in [0.5, 0.6) is 5.75 Å². The molecule has 0 aliphatic heterocycles. The fraction of sp³-hybridized carbons (Fsp3) is 0.381. The van der Waals surface area contributed by atoms with Gasteiger partial charge in [0.05, 0.1) is 18.1 Å². The summed E-state index contributed by atoms with van der Waals surface area (Å²) in [6.45, 7) is 6.12. The highest BCUT2D eigenvalue weighted by atomic mass is 32.2. The molecule has 11 heteroatoms. The van der Waals surface area contributed by atoms with Gasteiger partial charge in [-0.15, -0.1) is 21.5 Å². The first-order valence-corrected chi connectivity index (χ1v) is 11.7. The quantitative estimate of drug-likeness (QED) is 0.459. The van der Waals surface area contributed by atoms with E-state index < -0.39 is 0 Å². The third-order valence-corrected chi connectivity index (χ3v) is 6.94. The molecular formula is C21H26N6O3S2. The van der Waals surface area contributed by atoms with Crippen molar-refractivity contribution in [1.82, 2.24) is 25.1 Å². The SMILES string of the molecule is COc1ccc(C(=O)NCCc2nnc(S[C@@H](C)C(=O)Nc3nc(C)c(C)s3)n2C)cc1. The van der Waals surface area contributed by atoms with E-state index in [0.29, 0.717) is 34.6 Å². The third-order valence-electron chi connectivity index (χ3n) is 4.82. The van der Waals surface area contributed by atoms with Gasteiger partial charge in [0.1, 0.15) is 11.6 Å². The van der Waals surface area contributed by atoms with Crippen LogP contribution in [-0.4, -0.2) is 50.5 Å². The molecule has 2 heterocycles. The second kappa shape index (κ2) is 10.6. The monoisotopic (exact) mass is 474 g/mol. The van der Waals surface area contributed by atoms with Crippen molar-refractivity contribution < 1.29 is 14.3 Å². The summed E-state index contributed by atoms with van der Waals surface area (Å²) < 4.78 is 6.94. The standard InChI is InChI=1S/C21H26N6O3S2/c1-12-13(2)31-20(23-12)24-18(28)14(3)32-21-26-25-17(27(21)4)10-11-22-19(29)15-6-8-16(30-5)9-7-15/h6-9,14H,10-11H2,1-5H3,(H,22,29)(H,23,24,28)/t14-/m0/s1. The van der Waals surface area contributed by atoms with Crippen LogP contribution in [0.15, 0.2) is 29.4 Å². The van der Waals surface area contributed by atoms with Gasteiger partial charge in [0.15, 0.2) is 10.3 Å². The van der Waals surface area contributed by atoms with Crippen LogP contribution in [0.4, 0.5) is 5.13 Å². The molecule has 2 N–H and O–H groups in total. The minimum Gasteiger partial charge on any atom is -0.497 e. The van der Waals surface area contributed by atoms with E-state index in [2.05, 4.69) is 25.8 Å². The fourth-order valence-electron chi connectivity index (χ4n) is 2.74. The van der Waals surface area contributed by atoms with Gasteiger partial charge < -0.3 is 19.9 Å². The van der Waals surface area contributed by atoms with Crippen molar-refractivity contribution in [1.29, 1.82) is 0 Å². The van der Waals surface area contributed by atoms with Crippen LogP contribution in [0.2, 0.25) is 0 Å².